The normalized spacial score (nSPS) is 24.7. The largest absolute Gasteiger partial charge is 0.343 e. The van der Waals surface area contributed by atoms with Gasteiger partial charge in [0.2, 0.25) is 5.91 Å². The zero-order chi connectivity index (χ0) is 11.6. The number of carbonyl (C=O) groups is 1. The Hall–Kier alpha value is -0.610. The van der Waals surface area contributed by atoms with Crippen molar-refractivity contribution in [3.63, 3.8) is 0 Å². The Kier molecular flexibility index (Phi) is 3.73. The number of nitrogens with two attached hydrogens (primary N) is 1. The first-order chi connectivity index (χ1) is 6.87. The monoisotopic (exact) mass is 213 g/mol. The van der Waals surface area contributed by atoms with Gasteiger partial charge in [-0.1, -0.05) is 13.8 Å². The summed E-state index contributed by atoms with van der Waals surface area (Å²) in [6, 6.07) is -0.00502. The van der Waals surface area contributed by atoms with Crippen molar-refractivity contribution < 1.29 is 4.79 Å². The smallest absolute Gasteiger partial charge is 0.239 e. The number of likely N-dealkylation sites (N-methyl/N-ethyl adjacent to an activating group) is 1. The van der Waals surface area contributed by atoms with E-state index in [1.165, 1.54) is 0 Å². The molecule has 1 heterocycles. The minimum atomic E-state index is -0.00502. The van der Waals surface area contributed by atoms with Crippen LogP contribution in [0.15, 0.2) is 0 Å². The van der Waals surface area contributed by atoms with E-state index in [0.717, 1.165) is 19.6 Å². The lowest BCUT2D eigenvalue weighted by atomic mass is 9.92. The third-order valence-electron chi connectivity index (χ3n) is 3.19. The second kappa shape index (κ2) is 4.49. The van der Waals surface area contributed by atoms with Gasteiger partial charge < -0.3 is 10.6 Å². The quantitative estimate of drug-likeness (QED) is 0.725. The standard InChI is InChI=1S/C11H23N3O/c1-9-10(15)13(4)5-6-14(9)8-11(2,3)7-12/h9H,5-8,12H2,1-4H3. The molecule has 0 aromatic rings. The number of hydrogen-bond acceptors (Lipinski definition) is 3. The fourth-order valence-electron chi connectivity index (χ4n) is 1.89. The van der Waals surface area contributed by atoms with Crippen LogP contribution in [0.1, 0.15) is 20.8 Å². The molecule has 1 saturated heterocycles. The van der Waals surface area contributed by atoms with Crippen molar-refractivity contribution in [2.75, 3.05) is 33.2 Å². The molecule has 15 heavy (non-hydrogen) atoms. The maximum absolute atomic E-state index is 11.8. The van der Waals surface area contributed by atoms with Gasteiger partial charge in [0.25, 0.3) is 0 Å². The number of amides is 1. The average molecular weight is 213 g/mol. The third kappa shape index (κ3) is 2.92. The molecule has 1 aliphatic rings. The lowest BCUT2D eigenvalue weighted by Gasteiger charge is -2.41. The van der Waals surface area contributed by atoms with Gasteiger partial charge in [0.1, 0.15) is 0 Å². The van der Waals surface area contributed by atoms with Crippen molar-refractivity contribution in [1.29, 1.82) is 0 Å². The molecule has 0 bridgehead atoms. The summed E-state index contributed by atoms with van der Waals surface area (Å²) >= 11 is 0. The van der Waals surface area contributed by atoms with Crippen molar-refractivity contribution in [3.8, 4) is 0 Å². The molecule has 1 fully saturated rings. The first-order valence-corrected chi connectivity index (χ1v) is 5.56. The first-order valence-electron chi connectivity index (χ1n) is 5.56. The topological polar surface area (TPSA) is 49.6 Å². The Bertz CT molecular complexity index is 240. The van der Waals surface area contributed by atoms with Gasteiger partial charge in [0, 0.05) is 26.7 Å². The minimum absolute atomic E-state index is 0.00502. The number of rotatable bonds is 3. The van der Waals surface area contributed by atoms with Crippen LogP contribution in [-0.4, -0.2) is 55.0 Å². The van der Waals surface area contributed by atoms with E-state index in [9.17, 15) is 4.79 Å². The molecule has 4 nitrogen and oxygen atoms in total. The van der Waals surface area contributed by atoms with E-state index in [0.29, 0.717) is 6.54 Å². The third-order valence-corrected chi connectivity index (χ3v) is 3.19. The van der Waals surface area contributed by atoms with Gasteiger partial charge >= 0.3 is 0 Å². The Balaban J connectivity index is 2.61. The lowest BCUT2D eigenvalue weighted by Crippen LogP contribution is -2.56. The molecule has 4 heteroatoms. The van der Waals surface area contributed by atoms with Crippen LogP contribution in [0.25, 0.3) is 0 Å². The second-order valence-electron chi connectivity index (χ2n) is 5.27. The van der Waals surface area contributed by atoms with E-state index >= 15 is 0 Å². The molecule has 0 radical (unpaired) electrons. The molecule has 1 amide bonds. The van der Waals surface area contributed by atoms with Gasteiger partial charge in [-0.25, -0.2) is 0 Å². The zero-order valence-electron chi connectivity index (χ0n) is 10.3. The van der Waals surface area contributed by atoms with Crippen molar-refractivity contribution in [2.45, 2.75) is 26.8 Å². The van der Waals surface area contributed by atoms with Crippen LogP contribution in [0, 0.1) is 5.41 Å². The van der Waals surface area contributed by atoms with Gasteiger partial charge in [-0.2, -0.15) is 0 Å². The molecule has 0 aliphatic carbocycles. The second-order valence-corrected chi connectivity index (χ2v) is 5.27. The van der Waals surface area contributed by atoms with Crippen LogP contribution in [-0.2, 0) is 4.79 Å². The molecule has 88 valence electrons. The van der Waals surface area contributed by atoms with Crippen LogP contribution in [0.5, 0.6) is 0 Å². The van der Waals surface area contributed by atoms with Crippen molar-refractivity contribution in [1.82, 2.24) is 9.80 Å². The highest BCUT2D eigenvalue weighted by molar-refractivity contribution is 5.81. The van der Waals surface area contributed by atoms with Gasteiger partial charge in [-0.3, -0.25) is 9.69 Å². The predicted molar refractivity (Wildman–Crippen MR) is 61.5 cm³/mol. The highest BCUT2D eigenvalue weighted by Gasteiger charge is 2.32. The molecule has 0 spiro atoms. The number of hydrogen-bond donors (Lipinski definition) is 1. The van der Waals surface area contributed by atoms with Crippen LogP contribution in [0.3, 0.4) is 0 Å². The zero-order valence-corrected chi connectivity index (χ0v) is 10.3. The highest BCUT2D eigenvalue weighted by Crippen LogP contribution is 2.19. The molecule has 1 rings (SSSR count). The molecule has 0 aromatic heterocycles. The summed E-state index contributed by atoms with van der Waals surface area (Å²) in [5.41, 5.74) is 5.80. The molecule has 1 atom stereocenters. The van der Waals surface area contributed by atoms with Crippen LogP contribution < -0.4 is 5.73 Å². The lowest BCUT2D eigenvalue weighted by molar-refractivity contribution is -0.140. The summed E-state index contributed by atoms with van der Waals surface area (Å²) in [7, 11) is 1.87. The van der Waals surface area contributed by atoms with E-state index in [1.54, 1.807) is 4.90 Å². The Morgan fingerprint density at radius 3 is 2.60 bits per heavy atom. The molecular weight excluding hydrogens is 190 g/mol. The van der Waals surface area contributed by atoms with E-state index in [2.05, 4.69) is 18.7 Å². The van der Waals surface area contributed by atoms with Crippen molar-refractivity contribution in [2.24, 2.45) is 11.1 Å². The first kappa shape index (κ1) is 12.5. The van der Waals surface area contributed by atoms with Crippen LogP contribution >= 0.6 is 0 Å². The Morgan fingerprint density at radius 2 is 2.07 bits per heavy atom. The summed E-state index contributed by atoms with van der Waals surface area (Å²) in [5.74, 6) is 0.217. The van der Waals surface area contributed by atoms with Gasteiger partial charge in [-0.15, -0.1) is 0 Å². The van der Waals surface area contributed by atoms with Crippen molar-refractivity contribution >= 4 is 5.91 Å². The highest BCUT2D eigenvalue weighted by atomic mass is 16.2. The Morgan fingerprint density at radius 1 is 1.47 bits per heavy atom. The summed E-state index contributed by atoms with van der Waals surface area (Å²) in [4.78, 5) is 15.8. The van der Waals surface area contributed by atoms with Gasteiger partial charge in [0.05, 0.1) is 6.04 Å². The molecule has 1 aliphatic heterocycles. The Labute approximate surface area is 92.4 Å². The fourth-order valence-corrected chi connectivity index (χ4v) is 1.89. The summed E-state index contributed by atoms with van der Waals surface area (Å²) in [6.45, 7) is 9.58. The van der Waals surface area contributed by atoms with Crippen molar-refractivity contribution in [3.05, 3.63) is 0 Å². The molecule has 1 unspecified atom stereocenters. The van der Waals surface area contributed by atoms with Gasteiger partial charge in [0.15, 0.2) is 0 Å². The number of piperazine rings is 1. The van der Waals surface area contributed by atoms with E-state index < -0.39 is 0 Å². The summed E-state index contributed by atoms with van der Waals surface area (Å²) in [5, 5.41) is 0. The number of carbonyl (C=O) groups excluding carboxylic acids is 1. The average Bonchev–Trinajstić information content (AvgIpc) is 2.19. The van der Waals surface area contributed by atoms with E-state index in [-0.39, 0.29) is 17.4 Å². The molecular formula is C11H23N3O. The maximum Gasteiger partial charge on any atom is 0.239 e. The van der Waals surface area contributed by atoms with E-state index in [1.807, 2.05) is 14.0 Å². The van der Waals surface area contributed by atoms with E-state index in [4.69, 9.17) is 5.73 Å². The SMILES string of the molecule is CC1C(=O)N(C)CCN1CC(C)(C)CN. The summed E-state index contributed by atoms with van der Waals surface area (Å²) in [6.07, 6.45) is 0. The number of nitrogens with zero attached hydrogens (tertiary/aromatic N) is 2. The predicted octanol–water partition coefficient (Wildman–Crippen LogP) is 0.134. The maximum atomic E-state index is 11.8. The molecule has 2 N–H and O–H groups in total. The fraction of sp³-hybridized carbons (Fsp3) is 0.909. The van der Waals surface area contributed by atoms with Crippen LogP contribution in [0.2, 0.25) is 0 Å². The minimum Gasteiger partial charge on any atom is -0.343 e. The van der Waals surface area contributed by atoms with Gasteiger partial charge in [-0.05, 0) is 18.9 Å². The van der Waals surface area contributed by atoms with Crippen LogP contribution in [0.4, 0.5) is 0 Å². The molecule has 0 saturated carbocycles. The summed E-state index contributed by atoms with van der Waals surface area (Å²) < 4.78 is 0. The molecule has 0 aromatic carbocycles.